The summed E-state index contributed by atoms with van der Waals surface area (Å²) in [6, 6.07) is 10.9. The molecule has 2 aromatic carbocycles. The first-order valence-corrected chi connectivity index (χ1v) is 9.37. The van der Waals surface area contributed by atoms with E-state index in [4.69, 9.17) is 9.15 Å². The third-order valence-electron chi connectivity index (χ3n) is 4.94. The number of aliphatic carboxylic acids is 1. The van der Waals surface area contributed by atoms with Crippen molar-refractivity contribution < 1.29 is 24.2 Å². The molecule has 0 aliphatic rings. The summed E-state index contributed by atoms with van der Waals surface area (Å²) in [5.74, 6) is -0.645. The molecule has 29 heavy (non-hydrogen) atoms. The van der Waals surface area contributed by atoms with Gasteiger partial charge in [0.2, 0.25) is 11.2 Å². The van der Waals surface area contributed by atoms with Crippen molar-refractivity contribution in [3.8, 4) is 17.2 Å². The molecule has 0 unspecified atom stereocenters. The van der Waals surface area contributed by atoms with Gasteiger partial charge >= 0.3 is 5.97 Å². The lowest BCUT2D eigenvalue weighted by molar-refractivity contribution is -0.140. The Balaban J connectivity index is 1.94. The van der Waals surface area contributed by atoms with Crippen LogP contribution in [0.3, 0.4) is 0 Å². The van der Waals surface area contributed by atoms with E-state index in [1.165, 1.54) is 18.4 Å². The predicted octanol–water partition coefficient (Wildman–Crippen LogP) is 3.88. The molecule has 3 N–H and O–H groups in total. The minimum Gasteiger partial charge on any atom is -0.507 e. The highest BCUT2D eigenvalue weighted by Gasteiger charge is 2.24. The molecule has 0 radical (unpaired) electrons. The van der Waals surface area contributed by atoms with Crippen LogP contribution in [0.15, 0.2) is 57.9 Å². The molecule has 0 saturated heterocycles. The van der Waals surface area contributed by atoms with E-state index in [1.807, 2.05) is 19.9 Å². The fraction of sp³-hybridized carbons (Fsp3) is 0.273. The number of carboxylic acid groups (broad SMARTS) is 1. The van der Waals surface area contributed by atoms with Crippen molar-refractivity contribution in [2.24, 2.45) is 5.92 Å². The Morgan fingerprint density at radius 1 is 1.21 bits per heavy atom. The minimum atomic E-state index is -0.973. The number of ether oxygens (including phenoxy) is 1. The van der Waals surface area contributed by atoms with E-state index < -0.39 is 12.0 Å². The second kappa shape index (κ2) is 8.79. The first-order chi connectivity index (χ1) is 13.9. The molecule has 7 heteroatoms. The molecule has 152 valence electrons. The highest BCUT2D eigenvalue weighted by atomic mass is 16.5. The van der Waals surface area contributed by atoms with Crippen molar-refractivity contribution in [3.05, 3.63) is 64.5 Å². The lowest BCUT2D eigenvalue weighted by Gasteiger charge is -2.20. The molecule has 0 bridgehead atoms. The lowest BCUT2D eigenvalue weighted by Crippen LogP contribution is -2.41. The fourth-order valence-electron chi connectivity index (χ4n) is 3.07. The molecular formula is C22H23NO6. The Bertz CT molecular complexity index is 1060. The second-order valence-electron chi connectivity index (χ2n) is 6.87. The van der Waals surface area contributed by atoms with Crippen LogP contribution in [0.2, 0.25) is 0 Å². The van der Waals surface area contributed by atoms with Gasteiger partial charge in [0.15, 0.2) is 0 Å². The number of nitrogens with one attached hydrogen (secondary N) is 1. The van der Waals surface area contributed by atoms with Gasteiger partial charge in [-0.15, -0.1) is 0 Å². The first-order valence-electron chi connectivity index (χ1n) is 9.37. The molecule has 3 aromatic rings. The van der Waals surface area contributed by atoms with E-state index in [0.717, 1.165) is 0 Å². The fourth-order valence-corrected chi connectivity index (χ4v) is 3.07. The zero-order chi connectivity index (χ0) is 21.0. The van der Waals surface area contributed by atoms with Crippen LogP contribution in [0.25, 0.3) is 11.0 Å². The van der Waals surface area contributed by atoms with Crippen LogP contribution in [0.5, 0.6) is 17.2 Å². The van der Waals surface area contributed by atoms with Gasteiger partial charge in [0.05, 0.1) is 10.9 Å². The van der Waals surface area contributed by atoms with Crippen molar-refractivity contribution >= 4 is 16.9 Å². The van der Waals surface area contributed by atoms with Crippen molar-refractivity contribution in [2.45, 2.75) is 32.9 Å². The number of aromatic hydroxyl groups is 1. The van der Waals surface area contributed by atoms with Gasteiger partial charge in [0.1, 0.15) is 29.4 Å². The van der Waals surface area contributed by atoms with Gasteiger partial charge in [-0.3, -0.25) is 14.9 Å². The minimum absolute atomic E-state index is 0.0244. The molecule has 0 spiro atoms. The standard InChI is InChI=1S/C22H23NO6/c1-3-13(2)19(22(26)27)23-11-16-17(24)10-9-15-20(25)18(12-28-21(15)16)29-14-7-5-4-6-8-14/h4-10,12-13,19,23-24H,3,11H2,1-2H3,(H,26,27)/t13-,19-/m0/s1. The lowest BCUT2D eigenvalue weighted by atomic mass is 9.99. The van der Waals surface area contributed by atoms with Crippen LogP contribution in [0.4, 0.5) is 0 Å². The number of benzene rings is 2. The Morgan fingerprint density at radius 2 is 1.93 bits per heavy atom. The molecule has 7 nitrogen and oxygen atoms in total. The summed E-state index contributed by atoms with van der Waals surface area (Å²) in [4.78, 5) is 24.3. The number of rotatable bonds is 8. The second-order valence-corrected chi connectivity index (χ2v) is 6.87. The maximum Gasteiger partial charge on any atom is 0.320 e. The van der Waals surface area contributed by atoms with E-state index in [-0.39, 0.29) is 40.4 Å². The van der Waals surface area contributed by atoms with Crippen LogP contribution >= 0.6 is 0 Å². The Hall–Kier alpha value is -3.32. The molecule has 0 fully saturated rings. The number of fused-ring (bicyclic) bond motifs is 1. The summed E-state index contributed by atoms with van der Waals surface area (Å²) in [6.45, 7) is 3.78. The molecule has 0 aliphatic heterocycles. The highest BCUT2D eigenvalue weighted by molar-refractivity contribution is 5.83. The number of hydrogen-bond acceptors (Lipinski definition) is 6. The molecule has 0 amide bonds. The van der Waals surface area contributed by atoms with Crippen LogP contribution < -0.4 is 15.5 Å². The summed E-state index contributed by atoms with van der Waals surface area (Å²) in [5, 5.41) is 22.9. The van der Waals surface area contributed by atoms with Gasteiger partial charge in [-0.1, -0.05) is 38.5 Å². The van der Waals surface area contributed by atoms with Gasteiger partial charge in [0, 0.05) is 6.54 Å². The van der Waals surface area contributed by atoms with E-state index in [2.05, 4.69) is 5.32 Å². The molecule has 3 rings (SSSR count). The van der Waals surface area contributed by atoms with Gasteiger partial charge in [-0.2, -0.15) is 0 Å². The molecule has 1 aromatic heterocycles. The Labute approximate surface area is 167 Å². The van der Waals surface area contributed by atoms with Gasteiger partial charge < -0.3 is 19.4 Å². The van der Waals surface area contributed by atoms with Crippen LogP contribution in [0, 0.1) is 5.92 Å². The summed E-state index contributed by atoms with van der Waals surface area (Å²) in [6.07, 6.45) is 1.88. The first kappa shape index (κ1) is 20.4. The van der Waals surface area contributed by atoms with Gasteiger partial charge in [-0.05, 0) is 30.2 Å². The van der Waals surface area contributed by atoms with Crippen LogP contribution in [-0.4, -0.2) is 22.2 Å². The molecule has 2 atom stereocenters. The van der Waals surface area contributed by atoms with E-state index in [9.17, 15) is 19.8 Å². The number of hydrogen-bond donors (Lipinski definition) is 3. The number of carboxylic acids is 1. The third-order valence-corrected chi connectivity index (χ3v) is 4.94. The Kier molecular flexibility index (Phi) is 6.19. The maximum absolute atomic E-state index is 12.8. The third kappa shape index (κ3) is 4.41. The van der Waals surface area contributed by atoms with Crippen molar-refractivity contribution in [1.29, 1.82) is 0 Å². The monoisotopic (exact) mass is 397 g/mol. The average molecular weight is 397 g/mol. The number of carbonyl (C=O) groups is 1. The Morgan fingerprint density at radius 3 is 2.59 bits per heavy atom. The van der Waals surface area contributed by atoms with Crippen LogP contribution in [-0.2, 0) is 11.3 Å². The van der Waals surface area contributed by atoms with Crippen molar-refractivity contribution in [3.63, 3.8) is 0 Å². The molecule has 0 aliphatic carbocycles. The SMILES string of the molecule is CC[C@H](C)[C@H](NCc1c(O)ccc2c(=O)c(Oc3ccccc3)coc12)C(=O)O. The van der Waals surface area contributed by atoms with Gasteiger partial charge in [-0.25, -0.2) is 0 Å². The van der Waals surface area contributed by atoms with E-state index in [1.54, 1.807) is 24.3 Å². The van der Waals surface area contributed by atoms with Gasteiger partial charge in [0.25, 0.3) is 0 Å². The van der Waals surface area contributed by atoms with Crippen molar-refractivity contribution in [2.75, 3.05) is 0 Å². The smallest absolute Gasteiger partial charge is 0.320 e. The van der Waals surface area contributed by atoms with Crippen molar-refractivity contribution in [1.82, 2.24) is 5.32 Å². The number of para-hydroxylation sites is 1. The maximum atomic E-state index is 12.8. The number of phenolic OH excluding ortho intramolecular Hbond substituents is 1. The zero-order valence-electron chi connectivity index (χ0n) is 16.2. The molecule has 0 saturated carbocycles. The zero-order valence-corrected chi connectivity index (χ0v) is 16.2. The van der Waals surface area contributed by atoms with Crippen LogP contribution in [0.1, 0.15) is 25.8 Å². The topological polar surface area (TPSA) is 109 Å². The molecule has 1 heterocycles. The summed E-state index contributed by atoms with van der Waals surface area (Å²) < 4.78 is 11.2. The average Bonchev–Trinajstić information content (AvgIpc) is 2.71. The quantitative estimate of drug-likeness (QED) is 0.529. The summed E-state index contributed by atoms with van der Waals surface area (Å²) >= 11 is 0. The predicted molar refractivity (Wildman–Crippen MR) is 108 cm³/mol. The summed E-state index contributed by atoms with van der Waals surface area (Å²) in [5.41, 5.74) is 0.129. The normalized spacial score (nSPS) is 13.2. The summed E-state index contributed by atoms with van der Waals surface area (Å²) in [7, 11) is 0. The van der Waals surface area contributed by atoms with E-state index in [0.29, 0.717) is 17.7 Å². The highest BCUT2D eigenvalue weighted by Crippen LogP contribution is 2.28. The largest absolute Gasteiger partial charge is 0.507 e. The number of phenols is 1. The van der Waals surface area contributed by atoms with E-state index >= 15 is 0 Å². The molecular weight excluding hydrogens is 374 g/mol.